The maximum absolute atomic E-state index is 11.9. The van der Waals surface area contributed by atoms with E-state index in [1.54, 1.807) is 0 Å². The monoisotopic (exact) mass is 298 g/mol. The summed E-state index contributed by atoms with van der Waals surface area (Å²) < 4.78 is 9.28. The number of carbonyl (C=O) groups excluding carboxylic acids is 2. The number of methoxy groups -OCH3 is 2. The second-order valence-electron chi connectivity index (χ2n) is 4.36. The van der Waals surface area contributed by atoms with Crippen LogP contribution in [-0.4, -0.2) is 55.3 Å². The molecule has 0 saturated carbocycles. The van der Waals surface area contributed by atoms with Gasteiger partial charge in [-0.25, -0.2) is 14.4 Å². The summed E-state index contributed by atoms with van der Waals surface area (Å²) in [4.78, 5) is 52.6. The number of carbonyl (C=O) groups is 2. The molecule has 0 aromatic carbocycles. The number of aromatic amines is 2. The van der Waals surface area contributed by atoms with Crippen LogP contribution in [0.5, 0.6) is 0 Å². The number of nitrogens with zero attached hydrogens (tertiary/aromatic N) is 1. The van der Waals surface area contributed by atoms with Gasteiger partial charge in [0.2, 0.25) is 0 Å². The van der Waals surface area contributed by atoms with Crippen LogP contribution < -0.4 is 21.5 Å². The largest absolute Gasteiger partial charge is 0.467 e. The summed E-state index contributed by atoms with van der Waals surface area (Å²) in [6.45, 7) is 0. The molecule has 2 rings (SSSR count). The van der Waals surface area contributed by atoms with Crippen LogP contribution in [0.25, 0.3) is 0 Å². The van der Waals surface area contributed by atoms with Crippen molar-refractivity contribution in [3.63, 3.8) is 0 Å². The van der Waals surface area contributed by atoms with E-state index in [-0.39, 0.29) is 11.5 Å². The fraction of sp³-hybridized carbons (Fsp3) is 0.455. The number of nitrogens with one attached hydrogen (secondary N) is 3. The highest BCUT2D eigenvalue weighted by Gasteiger charge is 2.44. The molecule has 21 heavy (non-hydrogen) atoms. The fourth-order valence-corrected chi connectivity index (χ4v) is 2.25. The minimum atomic E-state index is -1.13. The highest BCUT2D eigenvalue weighted by molar-refractivity contribution is 5.95. The Morgan fingerprint density at radius 1 is 1.10 bits per heavy atom. The Morgan fingerprint density at radius 3 is 2.29 bits per heavy atom. The van der Waals surface area contributed by atoms with Crippen LogP contribution in [0, 0.1) is 0 Å². The highest BCUT2D eigenvalue weighted by atomic mass is 16.5. The van der Waals surface area contributed by atoms with Crippen molar-refractivity contribution in [3.8, 4) is 0 Å². The Labute approximate surface area is 118 Å². The van der Waals surface area contributed by atoms with Crippen LogP contribution >= 0.6 is 0 Å². The molecule has 1 aliphatic heterocycles. The Hall–Kier alpha value is -2.78. The number of esters is 2. The lowest BCUT2D eigenvalue weighted by Gasteiger charge is -2.37. The van der Waals surface area contributed by atoms with E-state index in [9.17, 15) is 19.2 Å². The second-order valence-corrected chi connectivity index (χ2v) is 4.36. The third-order valence-electron chi connectivity index (χ3n) is 3.20. The summed E-state index contributed by atoms with van der Waals surface area (Å²) in [5, 5.41) is 2.63. The van der Waals surface area contributed by atoms with Crippen molar-refractivity contribution in [2.75, 3.05) is 31.5 Å². The molecular weight excluding hydrogens is 284 g/mol. The third kappa shape index (κ3) is 2.35. The quantitative estimate of drug-likeness (QED) is 0.534. The summed E-state index contributed by atoms with van der Waals surface area (Å²) in [6, 6.07) is -2.24. The summed E-state index contributed by atoms with van der Waals surface area (Å²) >= 11 is 0. The maximum Gasteiger partial charge on any atom is 0.331 e. The summed E-state index contributed by atoms with van der Waals surface area (Å²) in [6.07, 6.45) is 0. The molecule has 0 radical (unpaired) electrons. The van der Waals surface area contributed by atoms with Crippen molar-refractivity contribution in [2.24, 2.45) is 0 Å². The maximum atomic E-state index is 11.9. The van der Waals surface area contributed by atoms with Gasteiger partial charge in [-0.05, 0) is 0 Å². The van der Waals surface area contributed by atoms with Gasteiger partial charge in [0, 0.05) is 7.05 Å². The average molecular weight is 298 g/mol. The minimum absolute atomic E-state index is 0.0187. The summed E-state index contributed by atoms with van der Waals surface area (Å²) in [7, 11) is 3.76. The molecule has 0 bridgehead atoms. The van der Waals surface area contributed by atoms with E-state index in [1.165, 1.54) is 11.9 Å². The lowest BCUT2D eigenvalue weighted by Crippen LogP contribution is -2.59. The van der Waals surface area contributed by atoms with Gasteiger partial charge in [0.1, 0.15) is 11.5 Å². The highest BCUT2D eigenvalue weighted by Crippen LogP contribution is 2.27. The van der Waals surface area contributed by atoms with Crippen molar-refractivity contribution in [3.05, 3.63) is 20.8 Å². The number of hydrogen-bond donors (Lipinski definition) is 3. The van der Waals surface area contributed by atoms with Crippen molar-refractivity contribution in [1.82, 2.24) is 9.97 Å². The molecule has 1 aromatic rings. The number of likely N-dealkylation sites (N-methyl/N-ethyl adjacent to an activating group) is 1. The first-order chi connectivity index (χ1) is 9.90. The number of H-pyrrole nitrogens is 2. The lowest BCUT2D eigenvalue weighted by molar-refractivity contribution is -0.149. The van der Waals surface area contributed by atoms with E-state index in [0.717, 1.165) is 14.2 Å². The van der Waals surface area contributed by atoms with Crippen molar-refractivity contribution < 1.29 is 19.1 Å². The molecule has 10 nitrogen and oxygen atoms in total. The number of anilines is 2. The van der Waals surface area contributed by atoms with Gasteiger partial charge >= 0.3 is 17.6 Å². The minimum Gasteiger partial charge on any atom is -0.467 e. The van der Waals surface area contributed by atoms with Gasteiger partial charge in [-0.2, -0.15) is 0 Å². The van der Waals surface area contributed by atoms with Gasteiger partial charge in [-0.15, -0.1) is 0 Å². The SMILES string of the molecule is COC(=O)C1Nc2[nH]c(=O)[nH]c(=O)c2N(C)C1C(=O)OC. The number of ether oxygens (including phenoxy) is 2. The lowest BCUT2D eigenvalue weighted by atomic mass is 10.0. The summed E-state index contributed by atoms with van der Waals surface area (Å²) in [5.74, 6) is -1.43. The van der Waals surface area contributed by atoms with Crippen LogP contribution in [0.15, 0.2) is 9.59 Å². The van der Waals surface area contributed by atoms with Gasteiger partial charge in [-0.3, -0.25) is 14.8 Å². The summed E-state index contributed by atoms with van der Waals surface area (Å²) in [5.41, 5.74) is -1.41. The molecule has 10 heteroatoms. The molecule has 1 aromatic heterocycles. The smallest absolute Gasteiger partial charge is 0.331 e. The number of rotatable bonds is 2. The predicted octanol–water partition coefficient (Wildman–Crippen LogP) is -1.99. The zero-order valence-electron chi connectivity index (χ0n) is 11.6. The zero-order chi connectivity index (χ0) is 15.7. The van der Waals surface area contributed by atoms with E-state index in [0.29, 0.717) is 0 Å². The number of fused-ring (bicyclic) bond motifs is 1. The van der Waals surface area contributed by atoms with Crippen LogP contribution in [0.1, 0.15) is 0 Å². The Bertz CT molecular complexity index is 693. The molecule has 1 aliphatic rings. The molecule has 0 fully saturated rings. The first-order valence-corrected chi connectivity index (χ1v) is 5.92. The van der Waals surface area contributed by atoms with Gasteiger partial charge in [0.15, 0.2) is 12.1 Å². The molecule has 2 unspecified atom stereocenters. The molecule has 0 saturated heterocycles. The Kier molecular flexibility index (Phi) is 3.70. The molecular formula is C11H14N4O6. The number of hydrogen-bond acceptors (Lipinski definition) is 8. The first kappa shape index (κ1) is 14.6. The van der Waals surface area contributed by atoms with Crippen molar-refractivity contribution in [1.29, 1.82) is 0 Å². The van der Waals surface area contributed by atoms with Gasteiger partial charge in [-0.1, -0.05) is 0 Å². The molecule has 0 amide bonds. The fourth-order valence-electron chi connectivity index (χ4n) is 2.25. The molecule has 0 aliphatic carbocycles. The molecule has 2 heterocycles. The molecule has 0 spiro atoms. The molecule has 3 N–H and O–H groups in total. The normalized spacial score (nSPS) is 20.2. The van der Waals surface area contributed by atoms with Crippen LogP contribution in [0.2, 0.25) is 0 Å². The van der Waals surface area contributed by atoms with Gasteiger partial charge in [0.05, 0.1) is 14.2 Å². The van der Waals surface area contributed by atoms with E-state index in [4.69, 9.17) is 0 Å². The third-order valence-corrected chi connectivity index (χ3v) is 3.20. The second kappa shape index (κ2) is 5.31. The van der Waals surface area contributed by atoms with E-state index >= 15 is 0 Å². The molecule has 2 atom stereocenters. The zero-order valence-corrected chi connectivity index (χ0v) is 11.6. The van der Waals surface area contributed by atoms with Crippen LogP contribution in [0.3, 0.4) is 0 Å². The van der Waals surface area contributed by atoms with Crippen LogP contribution in [0.4, 0.5) is 11.5 Å². The standard InChI is InChI=1S/C11H14N4O6/c1-15-5(10(18)21-3)4(9(17)20-2)12-7-6(15)8(16)14-11(19)13-7/h4-5H,1-3H3,(H3,12,13,14,16,19). The number of aromatic nitrogens is 2. The van der Waals surface area contributed by atoms with Gasteiger partial charge < -0.3 is 19.7 Å². The topological polar surface area (TPSA) is 134 Å². The average Bonchev–Trinajstić information content (AvgIpc) is 2.44. The van der Waals surface area contributed by atoms with Gasteiger partial charge in [0.25, 0.3) is 5.56 Å². The van der Waals surface area contributed by atoms with E-state index in [1.807, 2.05) is 4.98 Å². The van der Waals surface area contributed by atoms with Crippen molar-refractivity contribution in [2.45, 2.75) is 12.1 Å². The van der Waals surface area contributed by atoms with Crippen LogP contribution in [-0.2, 0) is 19.1 Å². The van der Waals surface area contributed by atoms with E-state index < -0.39 is 35.3 Å². The molecule has 114 valence electrons. The Morgan fingerprint density at radius 2 is 1.71 bits per heavy atom. The van der Waals surface area contributed by atoms with E-state index in [2.05, 4.69) is 19.8 Å². The first-order valence-electron chi connectivity index (χ1n) is 5.92. The predicted molar refractivity (Wildman–Crippen MR) is 71.3 cm³/mol. The van der Waals surface area contributed by atoms with Crippen molar-refractivity contribution >= 4 is 23.4 Å². The Balaban J connectivity index is 2.60.